The number of ether oxygens (including phenoxy) is 1. The van der Waals surface area contributed by atoms with Crippen LogP contribution < -0.4 is 0 Å². The Bertz CT molecular complexity index is 583. The lowest BCUT2D eigenvalue weighted by molar-refractivity contribution is -0.138. The predicted octanol–water partition coefficient (Wildman–Crippen LogP) is 4.89. The molecule has 0 unspecified atom stereocenters. The van der Waals surface area contributed by atoms with Crippen LogP contribution in [-0.4, -0.2) is 5.97 Å². The van der Waals surface area contributed by atoms with Gasteiger partial charge >= 0.3 is 5.97 Å². The van der Waals surface area contributed by atoms with Crippen LogP contribution in [0.4, 0.5) is 0 Å². The smallest absolute Gasteiger partial charge is 0.330 e. The molecular weight excluding hydrogens is 272 g/mol. The Kier molecular flexibility index (Phi) is 7.77. The van der Waals surface area contributed by atoms with E-state index in [4.69, 9.17) is 4.74 Å². The highest BCUT2D eigenvalue weighted by atomic mass is 16.5. The molecule has 0 spiro atoms. The first-order chi connectivity index (χ1) is 10.7. The average Bonchev–Trinajstić information content (AvgIpc) is 2.61. The summed E-state index contributed by atoms with van der Waals surface area (Å²) >= 11 is 0. The van der Waals surface area contributed by atoms with Crippen molar-refractivity contribution >= 4 is 18.1 Å². The van der Waals surface area contributed by atoms with E-state index in [9.17, 15) is 4.79 Å². The summed E-state index contributed by atoms with van der Waals surface area (Å²) in [6.07, 6.45) is 4.81. The lowest BCUT2D eigenvalue weighted by Crippen LogP contribution is -1.99. The Labute approximate surface area is 132 Å². The highest BCUT2D eigenvalue weighted by Crippen LogP contribution is 2.05. The highest BCUT2D eigenvalue weighted by Gasteiger charge is 1.95. The van der Waals surface area contributed by atoms with Gasteiger partial charge in [-0.05, 0) is 16.7 Å². The van der Waals surface area contributed by atoms with Gasteiger partial charge in [-0.25, -0.2) is 4.79 Å². The molecule has 112 valence electrons. The third kappa shape index (κ3) is 6.53. The molecular formula is C20H20O2. The predicted molar refractivity (Wildman–Crippen MR) is 93.1 cm³/mol. The maximum Gasteiger partial charge on any atom is 0.330 e. The summed E-state index contributed by atoms with van der Waals surface area (Å²) in [5.74, 6) is -0.390. The maximum atomic E-state index is 10.6. The molecule has 0 bridgehead atoms. The minimum Gasteiger partial charge on any atom is -0.458 e. The summed E-state index contributed by atoms with van der Waals surface area (Å²) < 4.78 is 4.82. The molecule has 2 rings (SSSR count). The van der Waals surface area contributed by atoms with Crippen LogP contribution in [0.1, 0.15) is 16.7 Å². The Morgan fingerprint density at radius 2 is 1.36 bits per heavy atom. The van der Waals surface area contributed by atoms with Crippen molar-refractivity contribution in [2.24, 2.45) is 0 Å². The van der Waals surface area contributed by atoms with Crippen LogP contribution in [0.25, 0.3) is 12.2 Å². The van der Waals surface area contributed by atoms with Crippen LogP contribution in [0.15, 0.2) is 80.4 Å². The second-order valence-corrected chi connectivity index (χ2v) is 4.37. The second-order valence-electron chi connectivity index (χ2n) is 4.37. The van der Waals surface area contributed by atoms with E-state index >= 15 is 0 Å². The van der Waals surface area contributed by atoms with Crippen molar-refractivity contribution in [3.8, 4) is 0 Å². The molecule has 2 aromatic rings. The monoisotopic (exact) mass is 292 g/mol. The molecule has 0 aliphatic heterocycles. The molecule has 0 fully saturated rings. The SMILES string of the molecule is C=CC(=O)OCc1ccccc1.C=Cc1ccc(C=C)cc1. The largest absolute Gasteiger partial charge is 0.458 e. The molecule has 0 saturated heterocycles. The van der Waals surface area contributed by atoms with Gasteiger partial charge in [0.15, 0.2) is 0 Å². The molecule has 2 nitrogen and oxygen atoms in total. The molecule has 22 heavy (non-hydrogen) atoms. The molecule has 0 aliphatic rings. The number of benzene rings is 2. The van der Waals surface area contributed by atoms with Crippen molar-refractivity contribution < 1.29 is 9.53 Å². The van der Waals surface area contributed by atoms with Crippen molar-refractivity contribution in [1.29, 1.82) is 0 Å². The molecule has 0 aliphatic carbocycles. The number of hydrogen-bond acceptors (Lipinski definition) is 2. The highest BCUT2D eigenvalue weighted by molar-refractivity contribution is 5.81. The van der Waals surface area contributed by atoms with Crippen LogP contribution in [0, 0.1) is 0 Å². The van der Waals surface area contributed by atoms with Crippen LogP contribution in [0.5, 0.6) is 0 Å². The summed E-state index contributed by atoms with van der Waals surface area (Å²) in [5, 5.41) is 0. The first kappa shape index (κ1) is 17.2. The zero-order valence-corrected chi connectivity index (χ0v) is 12.6. The Balaban J connectivity index is 0.000000224. The third-order valence-corrected chi connectivity index (χ3v) is 2.80. The van der Waals surface area contributed by atoms with Crippen LogP contribution >= 0.6 is 0 Å². The van der Waals surface area contributed by atoms with Gasteiger partial charge in [0.05, 0.1) is 0 Å². The number of carbonyl (C=O) groups excluding carboxylic acids is 1. The second kappa shape index (κ2) is 9.94. The quantitative estimate of drug-likeness (QED) is 0.579. The van der Waals surface area contributed by atoms with Gasteiger partial charge in [0.25, 0.3) is 0 Å². The molecule has 0 atom stereocenters. The molecule has 0 radical (unpaired) electrons. The van der Waals surface area contributed by atoms with Gasteiger partial charge < -0.3 is 4.74 Å². The number of rotatable bonds is 5. The minimum absolute atomic E-state index is 0.311. The molecule has 2 aromatic carbocycles. The fourth-order valence-corrected chi connectivity index (χ4v) is 1.56. The fraction of sp³-hybridized carbons (Fsp3) is 0.0500. The van der Waals surface area contributed by atoms with E-state index < -0.39 is 0 Å². The number of carbonyl (C=O) groups is 1. The maximum absolute atomic E-state index is 10.6. The average molecular weight is 292 g/mol. The molecule has 0 amide bonds. The molecule has 0 heterocycles. The van der Waals surface area contributed by atoms with Gasteiger partial charge in [0.2, 0.25) is 0 Å². The normalized spacial score (nSPS) is 8.91. The Morgan fingerprint density at radius 1 is 0.864 bits per heavy atom. The van der Waals surface area contributed by atoms with Gasteiger partial charge in [-0.15, -0.1) is 0 Å². The van der Waals surface area contributed by atoms with E-state index in [-0.39, 0.29) is 5.97 Å². The molecule has 0 N–H and O–H groups in total. The van der Waals surface area contributed by atoms with Gasteiger partial charge in [0, 0.05) is 6.08 Å². The van der Waals surface area contributed by atoms with Gasteiger partial charge in [0.1, 0.15) is 6.61 Å². The standard InChI is InChI=1S/C10H10O2.C10H10/c1-2-10(11)12-8-9-6-4-3-5-7-9;1-3-9-5-7-10(4-2)8-6-9/h2-7H,1,8H2;3-8H,1-2H2. The summed E-state index contributed by atoms with van der Waals surface area (Å²) in [7, 11) is 0. The summed E-state index contributed by atoms with van der Waals surface area (Å²) in [6.45, 7) is 10.9. The van der Waals surface area contributed by atoms with Gasteiger partial charge in [-0.3, -0.25) is 0 Å². The van der Waals surface area contributed by atoms with Crippen LogP contribution in [0.3, 0.4) is 0 Å². The van der Waals surface area contributed by atoms with E-state index in [0.717, 1.165) is 22.8 Å². The summed E-state index contributed by atoms with van der Waals surface area (Å²) in [4.78, 5) is 10.6. The van der Waals surface area contributed by atoms with E-state index in [1.165, 1.54) is 0 Å². The van der Waals surface area contributed by atoms with E-state index in [1.807, 2.05) is 66.7 Å². The summed E-state index contributed by atoms with van der Waals surface area (Å²) in [5.41, 5.74) is 3.27. The third-order valence-electron chi connectivity index (χ3n) is 2.80. The van der Waals surface area contributed by atoms with E-state index in [0.29, 0.717) is 6.61 Å². The van der Waals surface area contributed by atoms with Crippen molar-refractivity contribution in [2.45, 2.75) is 6.61 Å². The summed E-state index contributed by atoms with van der Waals surface area (Å²) in [6, 6.07) is 17.6. The van der Waals surface area contributed by atoms with Crippen LogP contribution in [-0.2, 0) is 16.1 Å². The first-order valence-corrected chi connectivity index (χ1v) is 6.87. The van der Waals surface area contributed by atoms with Crippen molar-refractivity contribution in [1.82, 2.24) is 0 Å². The van der Waals surface area contributed by atoms with E-state index in [2.05, 4.69) is 19.7 Å². The first-order valence-electron chi connectivity index (χ1n) is 6.87. The zero-order valence-electron chi connectivity index (χ0n) is 12.6. The van der Waals surface area contributed by atoms with Gasteiger partial charge in [-0.2, -0.15) is 0 Å². The fourth-order valence-electron chi connectivity index (χ4n) is 1.56. The van der Waals surface area contributed by atoms with E-state index in [1.54, 1.807) is 0 Å². The van der Waals surface area contributed by atoms with Crippen molar-refractivity contribution in [3.05, 3.63) is 97.1 Å². The Morgan fingerprint density at radius 3 is 1.77 bits per heavy atom. The Hall–Kier alpha value is -2.87. The molecule has 0 saturated carbocycles. The molecule has 2 heteroatoms. The zero-order chi connectivity index (χ0) is 16.2. The minimum atomic E-state index is -0.390. The topological polar surface area (TPSA) is 26.3 Å². The van der Waals surface area contributed by atoms with Crippen molar-refractivity contribution in [3.63, 3.8) is 0 Å². The lowest BCUT2D eigenvalue weighted by Gasteiger charge is -2.00. The molecule has 0 aromatic heterocycles. The number of hydrogen-bond donors (Lipinski definition) is 0. The van der Waals surface area contributed by atoms with Gasteiger partial charge in [-0.1, -0.05) is 86.5 Å². The van der Waals surface area contributed by atoms with Crippen LogP contribution in [0.2, 0.25) is 0 Å². The number of esters is 1. The lowest BCUT2D eigenvalue weighted by atomic mass is 10.1. The van der Waals surface area contributed by atoms with Crippen molar-refractivity contribution in [2.75, 3.05) is 0 Å².